The summed E-state index contributed by atoms with van der Waals surface area (Å²) in [5.41, 5.74) is 4.50. The fourth-order valence-electron chi connectivity index (χ4n) is 0. The molecule has 0 aliphatic heterocycles. The molecule has 0 unspecified atom stereocenters. The zero-order chi connectivity index (χ0) is 6.28. The second-order valence-electron chi connectivity index (χ2n) is 0.407. The Morgan fingerprint density at radius 1 is 1.38 bits per heavy atom. The van der Waals surface area contributed by atoms with Gasteiger partial charge in [0.25, 0.3) is 0 Å². The van der Waals surface area contributed by atoms with Crippen LogP contribution in [0, 0.1) is 0 Å². The first-order chi connectivity index (χ1) is 3.15. The Morgan fingerprint density at radius 3 is 1.38 bits per heavy atom. The molecule has 0 radical (unpaired) electrons. The molecule has 0 saturated carbocycles. The Morgan fingerprint density at radius 2 is 1.38 bits per heavy atom. The van der Waals surface area contributed by atoms with E-state index in [-0.39, 0.29) is 68.9 Å². The summed E-state index contributed by atoms with van der Waals surface area (Å²) in [6.45, 7) is 0. The number of rotatable bonds is 0. The van der Waals surface area contributed by atoms with Gasteiger partial charge in [-0.2, -0.15) is 0 Å². The quantitative estimate of drug-likeness (QED) is 0.122. The van der Waals surface area contributed by atoms with E-state index in [9.17, 15) is 0 Å². The average Bonchev–Trinajstić information content (AvgIpc) is 1.33. The van der Waals surface area contributed by atoms with Gasteiger partial charge in [-0.1, -0.05) is 0 Å². The van der Waals surface area contributed by atoms with Crippen LogP contribution >= 0.6 is 55.9 Å². The molecule has 42 valence electrons. The summed E-state index contributed by atoms with van der Waals surface area (Å²) in [6, 6.07) is 0. The normalized spacial score (nSPS) is 4.88. The average molecular weight is 677 g/mol. The third-order valence-electron chi connectivity index (χ3n) is 0. The van der Waals surface area contributed by atoms with Gasteiger partial charge in [0.05, 0.1) is 0 Å². The van der Waals surface area contributed by atoms with Crippen molar-refractivity contribution >= 4 is 70.1 Å². The van der Waals surface area contributed by atoms with Crippen molar-refractivity contribution < 1.29 is 74.3 Å². The van der Waals surface area contributed by atoms with E-state index in [0.717, 1.165) is 6.34 Å². The molecule has 2 nitrogen and oxygen atoms in total. The van der Waals surface area contributed by atoms with Gasteiger partial charge in [-0.15, -0.1) is 0 Å². The second-order valence-corrected chi connectivity index (χ2v) is 64.9. The van der Waals surface area contributed by atoms with Crippen molar-refractivity contribution in [2.45, 2.75) is 0 Å². The van der Waals surface area contributed by atoms with Crippen LogP contribution in [0.5, 0.6) is 0 Å². The van der Waals surface area contributed by atoms with Gasteiger partial charge < -0.3 is 0 Å². The van der Waals surface area contributed by atoms with E-state index in [1.807, 2.05) is 0 Å². The molecule has 0 atom stereocenters. The van der Waals surface area contributed by atoms with Gasteiger partial charge in [0.1, 0.15) is 0 Å². The molecule has 4 N–H and O–H groups in total. The molecular formula is CH5CsI3N2Sn+3. The van der Waals surface area contributed by atoms with E-state index in [4.69, 9.17) is 0 Å². The van der Waals surface area contributed by atoms with Crippen LogP contribution in [0.3, 0.4) is 0 Å². The van der Waals surface area contributed by atoms with Crippen molar-refractivity contribution in [2.75, 3.05) is 0 Å². The van der Waals surface area contributed by atoms with Gasteiger partial charge in [0, 0.05) is 0 Å². The number of hydrogen-bond donors (Lipinski definition) is 2. The predicted molar refractivity (Wildman–Crippen MR) is 60.0 cm³/mol. The molecule has 0 bridgehead atoms. The maximum absolute atomic E-state index is 4.50. The van der Waals surface area contributed by atoms with Crippen molar-refractivity contribution in [1.82, 2.24) is 0 Å². The zero-order valence-corrected chi connectivity index (χ0v) is 20.0. The summed E-state index contributed by atoms with van der Waals surface area (Å²) in [4.78, 5) is 0. The summed E-state index contributed by atoms with van der Waals surface area (Å²) in [6.07, 6.45) is 1.00. The molecule has 0 aliphatic rings. The summed E-state index contributed by atoms with van der Waals surface area (Å²) in [5, 5.41) is 4.50. The number of halogens is 3. The van der Waals surface area contributed by atoms with Crippen LogP contribution in [0.15, 0.2) is 0 Å². The van der Waals surface area contributed by atoms with Crippen LogP contribution in [0.25, 0.3) is 0 Å². The standard InChI is InChI=1S/CH4N2.Cs.3HI.Sn/c2-1-3;;;;;/h1H,(H3,2,3);;3*1H;/q;+1;;;;+4/p-2. The molecule has 0 aromatic carbocycles. The summed E-state index contributed by atoms with van der Waals surface area (Å²) < 4.78 is 0. The monoisotopic (exact) mass is 679 g/mol. The fraction of sp³-hybridized carbons (Fsp3) is 0. The van der Waals surface area contributed by atoms with Crippen molar-refractivity contribution in [3.63, 3.8) is 0 Å². The third-order valence-corrected chi connectivity index (χ3v) is 0. The maximum atomic E-state index is 4.50. The van der Waals surface area contributed by atoms with Crippen LogP contribution in [0.1, 0.15) is 0 Å². The Balaban J connectivity index is -0.0000000575. The van der Waals surface area contributed by atoms with Crippen LogP contribution < -0.4 is 80.0 Å². The van der Waals surface area contributed by atoms with Crippen molar-refractivity contribution in [3.8, 4) is 0 Å². The van der Waals surface area contributed by atoms with E-state index < -0.39 is 7.86 Å². The van der Waals surface area contributed by atoms with Crippen LogP contribution in [-0.4, -0.2) is 14.2 Å². The van der Waals surface area contributed by atoms with Gasteiger partial charge in [0.15, 0.2) is 0 Å². The number of nitrogens with two attached hydrogens (primary N) is 2. The molecule has 0 aliphatic carbocycles. The Labute approximate surface area is 144 Å². The first kappa shape index (κ1) is 18.3. The fourth-order valence-corrected chi connectivity index (χ4v) is 0. The molecule has 0 heterocycles. The zero-order valence-electron chi connectivity index (χ0n) is 4.37. The molecule has 0 spiro atoms. The molecule has 0 fully saturated rings. The molecule has 8 heavy (non-hydrogen) atoms. The summed E-state index contributed by atoms with van der Waals surface area (Å²) >= 11 is 7.54. The predicted octanol–water partition coefficient (Wildman–Crippen LogP) is -2.99. The molecule has 0 rings (SSSR count). The minimum absolute atomic E-state index is 0. The second kappa shape index (κ2) is 17.6. The van der Waals surface area contributed by atoms with E-state index in [1.54, 1.807) is 0 Å². The van der Waals surface area contributed by atoms with E-state index in [0.29, 0.717) is 0 Å². The molecular weight excluding hydrogens is 672 g/mol. The minimum atomic E-state index is -0.633. The summed E-state index contributed by atoms with van der Waals surface area (Å²) in [7, 11) is -0.633. The topological polar surface area (TPSA) is 51.6 Å². The van der Waals surface area contributed by atoms with Gasteiger partial charge in [-0.25, -0.2) is 0 Å². The number of hydrogen-bond acceptors (Lipinski definition) is 0. The molecule has 0 aromatic heterocycles. The first-order valence-electron chi connectivity index (χ1n) is 1.23. The van der Waals surface area contributed by atoms with Gasteiger partial charge in [0.2, 0.25) is 6.34 Å². The van der Waals surface area contributed by atoms with Crippen molar-refractivity contribution in [1.29, 1.82) is 0 Å². The first-order valence-corrected chi connectivity index (χ1v) is 26.2. The van der Waals surface area contributed by atoms with E-state index in [2.05, 4.69) is 67.0 Å². The van der Waals surface area contributed by atoms with Gasteiger partial charge >= 0.3 is 133 Å². The molecule has 7 heteroatoms. The van der Waals surface area contributed by atoms with E-state index in [1.165, 1.54) is 0 Å². The Hall–Kier alpha value is 4.51. The molecule has 0 saturated heterocycles. The third kappa shape index (κ3) is 46.7. The van der Waals surface area contributed by atoms with Gasteiger partial charge in [-0.05, 0) is 0 Å². The molecule has 0 aromatic rings. The van der Waals surface area contributed by atoms with Crippen molar-refractivity contribution in [2.24, 2.45) is 5.73 Å². The van der Waals surface area contributed by atoms with Crippen LogP contribution in [-0.2, 0) is 0 Å². The Bertz CT molecular complexity index is 41.5. The van der Waals surface area contributed by atoms with Crippen LogP contribution in [0.4, 0.5) is 0 Å². The van der Waals surface area contributed by atoms with Crippen molar-refractivity contribution in [3.05, 3.63) is 0 Å². The van der Waals surface area contributed by atoms with Crippen LogP contribution in [0.2, 0.25) is 0 Å². The Kier molecular flexibility index (Phi) is 40.2. The summed E-state index contributed by atoms with van der Waals surface area (Å²) in [5.74, 6) is 0. The van der Waals surface area contributed by atoms with Gasteiger partial charge in [-0.3, -0.25) is 11.1 Å². The molecule has 0 amide bonds. The SMILES string of the molecule is NC=[NH2+].[Cs+].[I][Sn+]([I])[I]. The van der Waals surface area contributed by atoms with E-state index >= 15 is 0 Å².